The quantitative estimate of drug-likeness (QED) is 0.842. The van der Waals surface area contributed by atoms with Gasteiger partial charge in [-0.3, -0.25) is 4.79 Å². The van der Waals surface area contributed by atoms with Crippen molar-refractivity contribution in [2.24, 2.45) is 0 Å². The van der Waals surface area contributed by atoms with Gasteiger partial charge in [-0.1, -0.05) is 11.6 Å². The lowest BCUT2D eigenvalue weighted by molar-refractivity contribution is -0.140. The van der Waals surface area contributed by atoms with Crippen LogP contribution in [-0.4, -0.2) is 43.2 Å². The third-order valence-corrected chi connectivity index (χ3v) is 3.02. The van der Waals surface area contributed by atoms with Gasteiger partial charge in [0.2, 0.25) is 0 Å². The van der Waals surface area contributed by atoms with E-state index in [0.717, 1.165) is 0 Å². The molecule has 5 heteroatoms. The molecule has 0 saturated carbocycles. The fourth-order valence-electron chi connectivity index (χ4n) is 1.81. The number of ether oxygens (including phenoxy) is 2. The minimum absolute atomic E-state index is 0.0138. The molecule has 0 unspecified atom stereocenters. The molecule has 1 aliphatic rings. The van der Waals surface area contributed by atoms with Gasteiger partial charge in [0, 0.05) is 18.1 Å². The molecule has 0 N–H and O–H groups in total. The molecule has 98 valence electrons. The Balaban J connectivity index is 1.82. The molecule has 1 aromatic carbocycles. The highest BCUT2D eigenvalue weighted by molar-refractivity contribution is 6.30. The van der Waals surface area contributed by atoms with Gasteiger partial charge in [0.25, 0.3) is 5.91 Å². The monoisotopic (exact) mass is 269 g/mol. The van der Waals surface area contributed by atoms with Crippen LogP contribution in [0.4, 0.5) is 0 Å². The van der Waals surface area contributed by atoms with Crippen LogP contribution in [0.3, 0.4) is 0 Å². The first-order chi connectivity index (χ1) is 8.65. The summed E-state index contributed by atoms with van der Waals surface area (Å²) in [7, 11) is 0. The normalized spacial score (nSPS) is 19.7. The van der Waals surface area contributed by atoms with E-state index in [1.807, 2.05) is 6.92 Å². The van der Waals surface area contributed by atoms with Crippen LogP contribution in [0.25, 0.3) is 0 Å². The first-order valence-corrected chi connectivity index (χ1v) is 6.30. The molecule has 1 heterocycles. The maximum Gasteiger partial charge on any atom is 0.260 e. The molecule has 0 bridgehead atoms. The topological polar surface area (TPSA) is 38.8 Å². The zero-order chi connectivity index (χ0) is 13.0. The molecule has 0 radical (unpaired) electrons. The molecule has 0 aliphatic carbocycles. The summed E-state index contributed by atoms with van der Waals surface area (Å²) >= 11 is 5.77. The minimum atomic E-state index is -0.0138. The van der Waals surface area contributed by atoms with E-state index in [1.54, 1.807) is 29.2 Å². The summed E-state index contributed by atoms with van der Waals surface area (Å²) in [5.74, 6) is 0.633. The standard InChI is InChI=1S/C13H16ClNO3/c1-10-8-15(6-7-17-10)13(16)9-18-12-4-2-11(14)3-5-12/h2-5,10H,6-9H2,1H3/t10-/m1/s1. The van der Waals surface area contributed by atoms with Gasteiger partial charge in [0.1, 0.15) is 5.75 Å². The van der Waals surface area contributed by atoms with Crippen molar-refractivity contribution in [3.8, 4) is 5.75 Å². The maximum atomic E-state index is 11.9. The third kappa shape index (κ3) is 3.62. The van der Waals surface area contributed by atoms with Crippen LogP contribution in [0.2, 0.25) is 5.02 Å². The lowest BCUT2D eigenvalue weighted by Crippen LogP contribution is -2.46. The van der Waals surface area contributed by atoms with E-state index in [9.17, 15) is 4.79 Å². The molecule has 1 atom stereocenters. The Bertz CT molecular complexity index is 407. The van der Waals surface area contributed by atoms with Crippen LogP contribution < -0.4 is 4.74 Å². The van der Waals surface area contributed by atoms with E-state index >= 15 is 0 Å². The lowest BCUT2D eigenvalue weighted by atomic mass is 10.3. The number of morpholine rings is 1. The van der Waals surface area contributed by atoms with Gasteiger partial charge >= 0.3 is 0 Å². The molecule has 0 aromatic heterocycles. The molecule has 1 fully saturated rings. The number of carbonyl (C=O) groups is 1. The summed E-state index contributed by atoms with van der Waals surface area (Å²) in [6, 6.07) is 6.96. The summed E-state index contributed by atoms with van der Waals surface area (Å²) in [6.07, 6.45) is 0.0956. The van der Waals surface area contributed by atoms with E-state index in [1.165, 1.54) is 0 Å². The largest absolute Gasteiger partial charge is 0.484 e. The predicted molar refractivity (Wildman–Crippen MR) is 68.9 cm³/mol. The van der Waals surface area contributed by atoms with Crippen molar-refractivity contribution in [2.45, 2.75) is 13.0 Å². The fraction of sp³-hybridized carbons (Fsp3) is 0.462. The summed E-state index contributed by atoms with van der Waals surface area (Å²) in [5, 5.41) is 0.649. The molecule has 1 amide bonds. The molecule has 2 rings (SSSR count). The first-order valence-electron chi connectivity index (χ1n) is 5.93. The number of hydrogen-bond donors (Lipinski definition) is 0. The van der Waals surface area contributed by atoms with Crippen molar-refractivity contribution < 1.29 is 14.3 Å². The Morgan fingerprint density at radius 1 is 1.50 bits per heavy atom. The van der Waals surface area contributed by atoms with E-state index in [0.29, 0.717) is 30.5 Å². The first kappa shape index (κ1) is 13.2. The Labute approximate surface area is 111 Å². The van der Waals surface area contributed by atoms with Gasteiger partial charge in [-0.2, -0.15) is 0 Å². The Morgan fingerprint density at radius 3 is 2.89 bits per heavy atom. The van der Waals surface area contributed by atoms with Crippen molar-refractivity contribution in [1.82, 2.24) is 4.90 Å². The van der Waals surface area contributed by atoms with Crippen molar-refractivity contribution in [1.29, 1.82) is 0 Å². The number of halogens is 1. The van der Waals surface area contributed by atoms with Crippen molar-refractivity contribution in [2.75, 3.05) is 26.3 Å². The minimum Gasteiger partial charge on any atom is -0.484 e. The number of hydrogen-bond acceptors (Lipinski definition) is 3. The Kier molecular flexibility index (Phi) is 4.44. The van der Waals surface area contributed by atoms with E-state index < -0.39 is 0 Å². The van der Waals surface area contributed by atoms with E-state index in [4.69, 9.17) is 21.1 Å². The third-order valence-electron chi connectivity index (χ3n) is 2.77. The van der Waals surface area contributed by atoms with Crippen LogP contribution >= 0.6 is 11.6 Å². The number of amides is 1. The van der Waals surface area contributed by atoms with Gasteiger partial charge < -0.3 is 14.4 Å². The maximum absolute atomic E-state index is 11.9. The van der Waals surface area contributed by atoms with Crippen LogP contribution in [-0.2, 0) is 9.53 Å². The molecule has 1 aromatic rings. The van der Waals surface area contributed by atoms with Gasteiger partial charge in [-0.25, -0.2) is 0 Å². The van der Waals surface area contributed by atoms with Crippen LogP contribution in [0.15, 0.2) is 24.3 Å². The predicted octanol–water partition coefficient (Wildman–Crippen LogP) is 1.97. The van der Waals surface area contributed by atoms with Gasteiger partial charge in [-0.15, -0.1) is 0 Å². The zero-order valence-electron chi connectivity index (χ0n) is 10.3. The molecule has 0 spiro atoms. The number of nitrogens with zero attached hydrogens (tertiary/aromatic N) is 1. The second-order valence-electron chi connectivity index (χ2n) is 4.26. The average Bonchev–Trinajstić information content (AvgIpc) is 2.38. The molecular weight excluding hydrogens is 254 g/mol. The number of rotatable bonds is 3. The van der Waals surface area contributed by atoms with Crippen LogP contribution in [0, 0.1) is 0 Å². The van der Waals surface area contributed by atoms with Crippen molar-refractivity contribution in [3.05, 3.63) is 29.3 Å². The van der Waals surface area contributed by atoms with Crippen LogP contribution in [0.5, 0.6) is 5.75 Å². The summed E-state index contributed by atoms with van der Waals surface area (Å²) in [6.45, 7) is 3.86. The Hall–Kier alpha value is -1.26. The van der Waals surface area contributed by atoms with Gasteiger partial charge in [0.05, 0.1) is 12.7 Å². The number of carbonyl (C=O) groups excluding carboxylic acids is 1. The SMILES string of the molecule is C[C@@H]1CN(C(=O)COc2ccc(Cl)cc2)CCO1. The highest BCUT2D eigenvalue weighted by Gasteiger charge is 2.21. The summed E-state index contributed by atoms with van der Waals surface area (Å²) in [4.78, 5) is 13.7. The molecule has 18 heavy (non-hydrogen) atoms. The summed E-state index contributed by atoms with van der Waals surface area (Å²) in [5.41, 5.74) is 0. The molecule has 1 saturated heterocycles. The zero-order valence-corrected chi connectivity index (χ0v) is 11.0. The van der Waals surface area contributed by atoms with Crippen LogP contribution in [0.1, 0.15) is 6.92 Å². The average molecular weight is 270 g/mol. The van der Waals surface area contributed by atoms with Crippen molar-refractivity contribution in [3.63, 3.8) is 0 Å². The lowest BCUT2D eigenvalue weighted by Gasteiger charge is -2.31. The van der Waals surface area contributed by atoms with E-state index in [2.05, 4.69) is 0 Å². The number of benzene rings is 1. The second-order valence-corrected chi connectivity index (χ2v) is 4.70. The second kappa shape index (κ2) is 6.07. The molecular formula is C13H16ClNO3. The van der Waals surface area contributed by atoms with E-state index in [-0.39, 0.29) is 18.6 Å². The van der Waals surface area contributed by atoms with Gasteiger partial charge in [-0.05, 0) is 31.2 Å². The summed E-state index contributed by atoms with van der Waals surface area (Å²) < 4.78 is 10.8. The van der Waals surface area contributed by atoms with Gasteiger partial charge in [0.15, 0.2) is 6.61 Å². The fourth-order valence-corrected chi connectivity index (χ4v) is 1.94. The highest BCUT2D eigenvalue weighted by Crippen LogP contribution is 2.15. The Morgan fingerprint density at radius 2 is 2.22 bits per heavy atom. The molecule has 4 nitrogen and oxygen atoms in total. The van der Waals surface area contributed by atoms with Crippen molar-refractivity contribution >= 4 is 17.5 Å². The highest BCUT2D eigenvalue weighted by atomic mass is 35.5. The molecule has 1 aliphatic heterocycles. The smallest absolute Gasteiger partial charge is 0.260 e.